The molecule has 0 aliphatic heterocycles. The molecule has 17 heteroatoms. The Hall–Kier alpha value is -1.06. The summed E-state index contributed by atoms with van der Waals surface area (Å²) in [6.07, 6.45) is -19.7. The van der Waals surface area contributed by atoms with E-state index in [-0.39, 0.29) is 6.67 Å². The van der Waals surface area contributed by atoms with Gasteiger partial charge in [-0.1, -0.05) is 0 Å². The van der Waals surface area contributed by atoms with Gasteiger partial charge in [0, 0.05) is 0 Å². The molecule has 26 heavy (non-hydrogen) atoms. The second kappa shape index (κ2) is 14.1. The van der Waals surface area contributed by atoms with Crippen LogP contribution in [0.1, 0.15) is 6.92 Å². The third kappa shape index (κ3) is 13.2. The topological polar surface area (TPSA) is 26.3 Å². The lowest BCUT2D eigenvalue weighted by Gasteiger charge is -2.29. The molecule has 0 aromatic rings. The van der Waals surface area contributed by atoms with E-state index in [4.69, 9.17) is 0 Å². The van der Waals surface area contributed by atoms with Crippen LogP contribution in [0.15, 0.2) is 0 Å². The number of hydrogen-bond donors (Lipinski definition) is 0. The summed E-state index contributed by atoms with van der Waals surface area (Å²) in [5, 5.41) is -3.21. The Bertz CT molecular complexity index is 353. The average Bonchev–Trinajstić information content (AvgIpc) is 2.37. The first kappa shape index (κ1) is 32.6. The third-order valence-corrected chi connectivity index (χ3v) is 1.46. The van der Waals surface area contributed by atoms with E-state index in [1.807, 2.05) is 4.74 Å². The van der Waals surface area contributed by atoms with Crippen LogP contribution in [-0.4, -0.2) is 50.1 Å². The smallest absolute Gasteiger partial charge is 0.274 e. The molecule has 0 amide bonds. The van der Waals surface area contributed by atoms with E-state index in [1.54, 1.807) is 0 Å². The fraction of sp³-hybridized carbons (Fsp3) is 0.889. The van der Waals surface area contributed by atoms with E-state index >= 15 is 0 Å². The number of halogens is 15. The molecule has 0 aliphatic carbocycles. The number of carbonyl (C=O) groups excluding carboxylic acids is 1. The SMILES string of the molecule is CCF.FCF.FCF.O=C(Cl)C(F)(OC(F)(F)C(F)(F)F)C(F)(F)F. The molecule has 1 atom stereocenters. The zero-order valence-corrected chi connectivity index (χ0v) is 12.9. The van der Waals surface area contributed by atoms with E-state index < -0.39 is 43.4 Å². The molecule has 0 aromatic heterocycles. The molecule has 0 bridgehead atoms. The van der Waals surface area contributed by atoms with Crippen molar-refractivity contribution in [3.05, 3.63) is 0 Å². The van der Waals surface area contributed by atoms with Crippen LogP contribution >= 0.6 is 11.6 Å². The van der Waals surface area contributed by atoms with Gasteiger partial charge in [-0.3, -0.25) is 13.9 Å². The Morgan fingerprint density at radius 3 is 1.12 bits per heavy atom. The van der Waals surface area contributed by atoms with Crippen molar-refractivity contribution in [1.29, 1.82) is 0 Å². The van der Waals surface area contributed by atoms with Crippen molar-refractivity contribution in [1.82, 2.24) is 0 Å². The van der Waals surface area contributed by atoms with Crippen LogP contribution in [0.3, 0.4) is 0 Å². The Kier molecular flexibility index (Phi) is 17.6. The van der Waals surface area contributed by atoms with Gasteiger partial charge in [-0.15, -0.1) is 0 Å². The quantitative estimate of drug-likeness (QED) is 0.396. The third-order valence-electron chi connectivity index (χ3n) is 1.22. The van der Waals surface area contributed by atoms with Gasteiger partial charge in [0.05, 0.1) is 6.67 Å². The first-order valence-electron chi connectivity index (χ1n) is 5.30. The molecule has 0 N–H and O–H groups in total. The van der Waals surface area contributed by atoms with Crippen LogP contribution in [0, 0.1) is 0 Å². The predicted octanol–water partition coefficient (Wildman–Crippen LogP) is 5.89. The molecule has 162 valence electrons. The predicted molar refractivity (Wildman–Crippen MR) is 58.7 cm³/mol. The van der Waals surface area contributed by atoms with Crippen LogP contribution in [0.2, 0.25) is 0 Å². The molecule has 2 nitrogen and oxygen atoms in total. The van der Waals surface area contributed by atoms with Gasteiger partial charge in [-0.25, -0.2) is 17.6 Å². The number of ether oxygens (including phenoxy) is 1. The van der Waals surface area contributed by atoms with Crippen molar-refractivity contribution in [2.24, 2.45) is 0 Å². The summed E-state index contributed by atoms with van der Waals surface area (Å²) in [4.78, 5) is 9.96. The Labute approximate surface area is 141 Å². The van der Waals surface area contributed by atoms with Gasteiger partial charge in [0.2, 0.25) is 13.9 Å². The lowest BCUT2D eigenvalue weighted by Crippen LogP contribution is -2.56. The average molecular weight is 451 g/mol. The van der Waals surface area contributed by atoms with Crippen LogP contribution in [0.4, 0.5) is 61.5 Å². The van der Waals surface area contributed by atoms with Crippen LogP contribution in [0.25, 0.3) is 0 Å². The molecule has 0 fully saturated rings. The Morgan fingerprint density at radius 2 is 1.00 bits per heavy atom. The van der Waals surface area contributed by atoms with Crippen molar-refractivity contribution in [2.45, 2.75) is 31.2 Å². The van der Waals surface area contributed by atoms with Crippen molar-refractivity contribution >= 4 is 16.8 Å². The summed E-state index contributed by atoms with van der Waals surface area (Å²) in [6, 6.07) is 0. The highest BCUT2D eigenvalue weighted by atomic mass is 35.5. The largest absolute Gasteiger partial charge is 0.483 e. The summed E-state index contributed by atoms with van der Waals surface area (Å²) in [6.45, 7) is -2.29. The first-order chi connectivity index (χ1) is 11.4. The molecule has 0 heterocycles. The van der Waals surface area contributed by atoms with Crippen molar-refractivity contribution in [3.63, 3.8) is 0 Å². The second-order valence-corrected chi connectivity index (χ2v) is 3.30. The Balaban J connectivity index is -0.000000224. The normalized spacial score (nSPS) is 13.7. The highest BCUT2D eigenvalue weighted by molar-refractivity contribution is 6.65. The van der Waals surface area contributed by atoms with Gasteiger partial charge in [-0.2, -0.15) is 39.5 Å². The maximum absolute atomic E-state index is 12.6. The zero-order valence-electron chi connectivity index (χ0n) is 12.1. The molecule has 0 radical (unpaired) electrons. The molecule has 0 spiro atoms. The van der Waals surface area contributed by atoms with Crippen molar-refractivity contribution < 1.29 is 71.0 Å². The monoisotopic (exact) mass is 450 g/mol. The van der Waals surface area contributed by atoms with E-state index in [1.165, 1.54) is 6.92 Å². The van der Waals surface area contributed by atoms with Crippen LogP contribution in [-0.2, 0) is 9.53 Å². The highest BCUT2D eigenvalue weighted by Gasteiger charge is 2.72. The van der Waals surface area contributed by atoms with E-state index in [9.17, 15) is 66.3 Å². The lowest BCUT2D eigenvalue weighted by molar-refractivity contribution is -0.457. The van der Waals surface area contributed by atoms with Gasteiger partial charge in [0.15, 0.2) is 0 Å². The summed E-state index contributed by atoms with van der Waals surface area (Å²) in [7, 11) is 0. The number of rotatable bonds is 3. The number of hydrogen-bond acceptors (Lipinski definition) is 2. The summed E-state index contributed by atoms with van der Waals surface area (Å²) in [5.41, 5.74) is 0. The second-order valence-electron chi connectivity index (χ2n) is 2.95. The molecular weight excluding hydrogens is 442 g/mol. The highest BCUT2D eigenvalue weighted by Crippen LogP contribution is 2.46. The van der Waals surface area contributed by atoms with Gasteiger partial charge >= 0.3 is 24.3 Å². The number of carbonyl (C=O) groups is 1. The van der Waals surface area contributed by atoms with Gasteiger partial charge in [0.25, 0.3) is 5.24 Å². The zero-order chi connectivity index (χ0) is 22.4. The van der Waals surface area contributed by atoms with Gasteiger partial charge < -0.3 is 0 Å². The summed E-state index contributed by atoms with van der Waals surface area (Å²) >= 11 is 3.97. The Morgan fingerprint density at radius 1 is 0.769 bits per heavy atom. The molecule has 0 rings (SSSR count). The van der Waals surface area contributed by atoms with Gasteiger partial charge in [0.1, 0.15) is 0 Å². The molecule has 0 aromatic carbocycles. The lowest BCUT2D eigenvalue weighted by atomic mass is 10.3. The van der Waals surface area contributed by atoms with E-state index in [2.05, 4.69) is 11.6 Å². The van der Waals surface area contributed by atoms with Crippen molar-refractivity contribution in [2.75, 3.05) is 20.5 Å². The molecular formula is C9H9ClF14O2. The summed E-state index contributed by atoms with van der Waals surface area (Å²) in [5.74, 6) is -5.96. The maximum atomic E-state index is 12.6. The fourth-order valence-corrected chi connectivity index (χ4v) is 0.590. The van der Waals surface area contributed by atoms with Crippen LogP contribution in [0.5, 0.6) is 0 Å². The summed E-state index contributed by atoms with van der Waals surface area (Å²) < 4.78 is 157. The van der Waals surface area contributed by atoms with Gasteiger partial charge in [-0.05, 0) is 18.5 Å². The minimum Gasteiger partial charge on any atom is -0.274 e. The van der Waals surface area contributed by atoms with E-state index in [0.717, 1.165) is 0 Å². The van der Waals surface area contributed by atoms with E-state index in [0.29, 0.717) is 0 Å². The molecule has 1 unspecified atom stereocenters. The molecule has 0 aliphatic rings. The molecule has 0 saturated carbocycles. The van der Waals surface area contributed by atoms with Crippen molar-refractivity contribution in [3.8, 4) is 0 Å². The molecule has 0 saturated heterocycles. The number of alkyl halides is 14. The van der Waals surface area contributed by atoms with Crippen LogP contribution < -0.4 is 0 Å². The minimum absolute atomic E-state index is 0.250. The maximum Gasteiger partial charge on any atom is 0.483 e. The standard InChI is InChI=1S/C5ClF9O2.C2H5F.2CH2F2/c6-1(16)2(7,3(8,9)10)17-5(14,15)4(11,12)13;1-2-3;2*2-1-3/h;2H2,1H3;2*1H2. The minimum atomic E-state index is -6.65. The fourth-order valence-electron chi connectivity index (χ4n) is 0.444. The first-order valence-corrected chi connectivity index (χ1v) is 5.67.